The minimum absolute atomic E-state index is 0.437. The zero-order valence-electron chi connectivity index (χ0n) is 18.7. The quantitative estimate of drug-likeness (QED) is 0.378. The van der Waals surface area contributed by atoms with E-state index in [1.54, 1.807) is 13.3 Å². The lowest BCUT2D eigenvalue weighted by Gasteiger charge is -2.38. The van der Waals surface area contributed by atoms with Gasteiger partial charge in [0.1, 0.15) is 5.75 Å². The second-order valence-corrected chi connectivity index (χ2v) is 8.70. The van der Waals surface area contributed by atoms with Crippen LogP contribution >= 0.6 is 0 Å². The second-order valence-electron chi connectivity index (χ2n) is 8.70. The molecule has 4 nitrogen and oxygen atoms in total. The molecule has 1 N–H and O–H groups in total. The van der Waals surface area contributed by atoms with Crippen molar-refractivity contribution in [3.8, 4) is 5.75 Å². The summed E-state index contributed by atoms with van der Waals surface area (Å²) < 4.78 is 5.38. The molecule has 0 spiro atoms. The van der Waals surface area contributed by atoms with Crippen LogP contribution in [0.4, 0.5) is 0 Å². The first-order chi connectivity index (χ1) is 14.7. The van der Waals surface area contributed by atoms with E-state index in [0.717, 1.165) is 48.1 Å². The average Bonchev–Trinajstić information content (AvgIpc) is 2.78. The van der Waals surface area contributed by atoms with Crippen LogP contribution in [0.5, 0.6) is 5.75 Å². The predicted molar refractivity (Wildman–Crippen MR) is 125 cm³/mol. The first-order valence-electron chi connectivity index (χ1n) is 11.6. The monoisotopic (exact) mass is 410 g/mol. The van der Waals surface area contributed by atoms with Gasteiger partial charge < -0.3 is 14.7 Å². The topological polar surface area (TPSA) is 45.6 Å². The third-order valence-corrected chi connectivity index (χ3v) is 6.64. The number of hydrogen-bond donors (Lipinski definition) is 1. The molecule has 0 aliphatic carbocycles. The number of aliphatic hydroxyl groups is 1. The standard InChI is InChI=1S/C26H38N2O2/c1-4-6-7-8-9-15-28-16-13-21(20(5-2)19-28)17-26(29)23-12-14-27-25-11-10-22(30-3)18-24(23)25/h5,10-12,14,18,20-21,26,29H,2,4,6-9,13,15-17,19H2,1,3H3/t20-,21+,26+/m0/s1. The van der Waals surface area contributed by atoms with E-state index in [9.17, 15) is 5.11 Å². The van der Waals surface area contributed by atoms with Crippen molar-refractivity contribution >= 4 is 10.9 Å². The van der Waals surface area contributed by atoms with Gasteiger partial charge in [0, 0.05) is 18.1 Å². The number of fused-ring (bicyclic) bond motifs is 1. The van der Waals surface area contributed by atoms with Gasteiger partial charge in [-0.05, 0) is 74.0 Å². The number of aromatic nitrogens is 1. The Bertz CT molecular complexity index is 807. The zero-order chi connectivity index (χ0) is 21.3. The number of likely N-dealkylation sites (tertiary alicyclic amines) is 1. The van der Waals surface area contributed by atoms with Gasteiger partial charge in [0.2, 0.25) is 0 Å². The van der Waals surface area contributed by atoms with Crippen molar-refractivity contribution in [3.05, 3.63) is 48.7 Å². The molecule has 1 aromatic carbocycles. The maximum Gasteiger partial charge on any atom is 0.119 e. The molecule has 1 saturated heterocycles. The number of nitrogens with zero attached hydrogens (tertiary/aromatic N) is 2. The molecule has 3 rings (SSSR count). The van der Waals surface area contributed by atoms with Crippen LogP contribution in [0.2, 0.25) is 0 Å². The Morgan fingerprint density at radius 2 is 2.10 bits per heavy atom. The summed E-state index contributed by atoms with van der Waals surface area (Å²) >= 11 is 0. The number of methoxy groups -OCH3 is 1. The molecule has 0 unspecified atom stereocenters. The fraction of sp³-hybridized carbons (Fsp3) is 0.577. The first kappa shape index (κ1) is 22.8. The van der Waals surface area contributed by atoms with Crippen LogP contribution in [0.15, 0.2) is 43.1 Å². The van der Waals surface area contributed by atoms with E-state index in [0.29, 0.717) is 11.8 Å². The van der Waals surface area contributed by atoms with Gasteiger partial charge in [-0.1, -0.05) is 38.7 Å². The molecule has 0 amide bonds. The van der Waals surface area contributed by atoms with Crippen molar-refractivity contribution in [2.24, 2.45) is 11.8 Å². The molecule has 2 aromatic rings. The van der Waals surface area contributed by atoms with Crippen LogP contribution in [0, 0.1) is 11.8 Å². The van der Waals surface area contributed by atoms with E-state index in [1.807, 2.05) is 24.3 Å². The van der Waals surface area contributed by atoms with Crippen molar-refractivity contribution in [1.82, 2.24) is 9.88 Å². The number of aliphatic hydroxyl groups excluding tert-OH is 1. The lowest BCUT2D eigenvalue weighted by Crippen LogP contribution is -2.40. The van der Waals surface area contributed by atoms with Gasteiger partial charge in [-0.3, -0.25) is 4.98 Å². The second kappa shape index (κ2) is 11.5. The van der Waals surface area contributed by atoms with E-state index >= 15 is 0 Å². The normalized spacial score (nSPS) is 20.9. The highest BCUT2D eigenvalue weighted by Gasteiger charge is 2.29. The summed E-state index contributed by atoms with van der Waals surface area (Å²) in [6, 6.07) is 7.79. The first-order valence-corrected chi connectivity index (χ1v) is 11.6. The number of benzene rings is 1. The molecule has 1 aromatic heterocycles. The summed E-state index contributed by atoms with van der Waals surface area (Å²) in [5.74, 6) is 1.69. The Balaban J connectivity index is 1.61. The molecular formula is C26H38N2O2. The summed E-state index contributed by atoms with van der Waals surface area (Å²) in [6.07, 6.45) is 11.9. The summed E-state index contributed by atoms with van der Waals surface area (Å²) in [4.78, 5) is 7.04. The van der Waals surface area contributed by atoms with Crippen LogP contribution in [0.3, 0.4) is 0 Å². The van der Waals surface area contributed by atoms with E-state index in [4.69, 9.17) is 4.74 Å². The number of rotatable bonds is 11. The average molecular weight is 411 g/mol. The number of pyridine rings is 1. The third kappa shape index (κ3) is 5.83. The minimum Gasteiger partial charge on any atom is -0.497 e. The van der Waals surface area contributed by atoms with Crippen molar-refractivity contribution in [3.63, 3.8) is 0 Å². The van der Waals surface area contributed by atoms with Gasteiger partial charge in [-0.15, -0.1) is 6.58 Å². The Labute approximate surface area is 182 Å². The Hall–Kier alpha value is -1.91. The minimum atomic E-state index is -0.504. The number of unbranched alkanes of at least 4 members (excludes halogenated alkanes) is 4. The Kier molecular flexibility index (Phi) is 8.71. The number of hydrogen-bond acceptors (Lipinski definition) is 4. The van der Waals surface area contributed by atoms with Crippen LogP contribution < -0.4 is 4.74 Å². The maximum atomic E-state index is 11.1. The molecule has 0 saturated carbocycles. The molecule has 0 bridgehead atoms. The molecule has 4 heteroatoms. The van der Waals surface area contributed by atoms with E-state index in [-0.39, 0.29) is 0 Å². The van der Waals surface area contributed by atoms with Crippen LogP contribution in [0.1, 0.15) is 63.5 Å². The molecular weight excluding hydrogens is 372 g/mol. The van der Waals surface area contributed by atoms with Gasteiger partial charge in [0.25, 0.3) is 0 Å². The molecule has 2 heterocycles. The molecule has 1 fully saturated rings. The van der Waals surface area contributed by atoms with E-state index in [1.165, 1.54) is 38.6 Å². The Morgan fingerprint density at radius 1 is 1.27 bits per heavy atom. The number of piperidine rings is 1. The largest absolute Gasteiger partial charge is 0.497 e. The van der Waals surface area contributed by atoms with Crippen LogP contribution in [-0.2, 0) is 0 Å². The SMILES string of the molecule is C=C[C@H]1CN(CCCCCCC)CC[C@@H]1C[C@@H](O)c1ccnc2ccc(OC)cc12. The fourth-order valence-corrected chi connectivity index (χ4v) is 4.78. The van der Waals surface area contributed by atoms with E-state index in [2.05, 4.69) is 29.5 Å². The van der Waals surface area contributed by atoms with Gasteiger partial charge >= 0.3 is 0 Å². The summed E-state index contributed by atoms with van der Waals surface area (Å²) in [5.41, 5.74) is 1.84. The van der Waals surface area contributed by atoms with Gasteiger partial charge in [-0.2, -0.15) is 0 Å². The van der Waals surface area contributed by atoms with Gasteiger partial charge in [-0.25, -0.2) is 0 Å². The maximum absolute atomic E-state index is 11.1. The molecule has 0 radical (unpaired) electrons. The van der Waals surface area contributed by atoms with Gasteiger partial charge in [0.15, 0.2) is 0 Å². The van der Waals surface area contributed by atoms with Crippen molar-refractivity contribution in [1.29, 1.82) is 0 Å². The molecule has 3 atom stereocenters. The van der Waals surface area contributed by atoms with Crippen molar-refractivity contribution in [2.75, 3.05) is 26.7 Å². The molecule has 1 aliphatic heterocycles. The highest BCUT2D eigenvalue weighted by atomic mass is 16.5. The molecule has 1 aliphatic rings. The van der Waals surface area contributed by atoms with Crippen LogP contribution in [0.25, 0.3) is 10.9 Å². The Morgan fingerprint density at radius 3 is 2.87 bits per heavy atom. The van der Waals surface area contributed by atoms with Crippen LogP contribution in [-0.4, -0.2) is 41.7 Å². The van der Waals surface area contributed by atoms with Crippen molar-refractivity contribution in [2.45, 2.75) is 58.0 Å². The smallest absolute Gasteiger partial charge is 0.119 e. The number of ether oxygens (including phenoxy) is 1. The van der Waals surface area contributed by atoms with E-state index < -0.39 is 6.10 Å². The van der Waals surface area contributed by atoms with Gasteiger partial charge in [0.05, 0.1) is 18.7 Å². The summed E-state index contributed by atoms with van der Waals surface area (Å²) in [7, 11) is 1.67. The lowest BCUT2D eigenvalue weighted by molar-refractivity contribution is 0.0842. The highest BCUT2D eigenvalue weighted by Crippen LogP contribution is 2.35. The highest BCUT2D eigenvalue weighted by molar-refractivity contribution is 5.83. The molecule has 164 valence electrons. The predicted octanol–water partition coefficient (Wildman–Crippen LogP) is 5.76. The molecule has 30 heavy (non-hydrogen) atoms. The lowest BCUT2D eigenvalue weighted by atomic mass is 9.80. The third-order valence-electron chi connectivity index (χ3n) is 6.64. The van der Waals surface area contributed by atoms with Crippen molar-refractivity contribution < 1.29 is 9.84 Å². The fourth-order valence-electron chi connectivity index (χ4n) is 4.78. The summed E-state index contributed by atoms with van der Waals surface area (Å²) in [5, 5.41) is 12.1. The summed E-state index contributed by atoms with van der Waals surface area (Å²) in [6.45, 7) is 9.76. The zero-order valence-corrected chi connectivity index (χ0v) is 18.7.